The average molecular weight is 157 g/mol. The Morgan fingerprint density at radius 3 is 2.55 bits per heavy atom. The molecule has 0 spiro atoms. The summed E-state index contributed by atoms with van der Waals surface area (Å²) >= 11 is 0. The Labute approximate surface area is 68.8 Å². The minimum absolute atomic E-state index is 0.421. The number of aliphatic hydroxyl groups is 1. The van der Waals surface area contributed by atoms with Crippen LogP contribution in [0.15, 0.2) is 0 Å². The van der Waals surface area contributed by atoms with Gasteiger partial charge < -0.3 is 10.8 Å². The smallest absolute Gasteiger partial charge is 0.0772 e. The zero-order valence-electron chi connectivity index (χ0n) is 7.51. The Bertz CT molecular complexity index is 138. The van der Waals surface area contributed by atoms with E-state index in [1.165, 1.54) is 0 Å². The van der Waals surface area contributed by atoms with Gasteiger partial charge in [-0.1, -0.05) is 13.8 Å². The fraction of sp³-hybridized carbons (Fsp3) is 1.00. The molecule has 0 aromatic heterocycles. The van der Waals surface area contributed by atoms with Crippen molar-refractivity contribution in [2.24, 2.45) is 17.6 Å². The van der Waals surface area contributed by atoms with Crippen molar-refractivity contribution < 1.29 is 5.11 Å². The molecule has 1 rings (SSSR count). The van der Waals surface area contributed by atoms with Gasteiger partial charge in [-0.25, -0.2) is 0 Å². The van der Waals surface area contributed by atoms with Crippen LogP contribution in [0.5, 0.6) is 0 Å². The Hall–Kier alpha value is -0.0800. The molecule has 0 aromatic carbocycles. The van der Waals surface area contributed by atoms with Crippen LogP contribution in [0.2, 0.25) is 0 Å². The van der Waals surface area contributed by atoms with Gasteiger partial charge in [0.15, 0.2) is 0 Å². The van der Waals surface area contributed by atoms with Crippen LogP contribution in [0.3, 0.4) is 0 Å². The molecular formula is C9H19NO. The zero-order chi connectivity index (χ0) is 8.48. The van der Waals surface area contributed by atoms with Crippen LogP contribution in [0.1, 0.15) is 33.1 Å². The normalized spacial score (nSPS) is 45.8. The molecule has 3 atom stereocenters. The van der Waals surface area contributed by atoms with E-state index in [4.69, 9.17) is 5.73 Å². The van der Waals surface area contributed by atoms with Gasteiger partial charge in [0.2, 0.25) is 0 Å². The predicted molar refractivity (Wildman–Crippen MR) is 46.2 cm³/mol. The van der Waals surface area contributed by atoms with E-state index in [2.05, 4.69) is 13.8 Å². The first-order valence-electron chi connectivity index (χ1n) is 4.50. The Balaban J connectivity index is 2.51. The van der Waals surface area contributed by atoms with Crippen molar-refractivity contribution in [1.29, 1.82) is 0 Å². The molecule has 11 heavy (non-hydrogen) atoms. The minimum atomic E-state index is -0.550. The van der Waals surface area contributed by atoms with E-state index in [1.807, 2.05) is 0 Å². The first-order chi connectivity index (χ1) is 5.07. The highest BCUT2D eigenvalue weighted by molar-refractivity contribution is 4.88. The van der Waals surface area contributed by atoms with Gasteiger partial charge in [0.05, 0.1) is 5.60 Å². The number of nitrogens with two attached hydrogens (primary N) is 1. The van der Waals surface area contributed by atoms with Gasteiger partial charge in [0, 0.05) is 6.54 Å². The van der Waals surface area contributed by atoms with Crippen LogP contribution in [0.25, 0.3) is 0 Å². The fourth-order valence-electron chi connectivity index (χ4n) is 1.87. The van der Waals surface area contributed by atoms with Crippen LogP contribution < -0.4 is 5.73 Å². The van der Waals surface area contributed by atoms with E-state index in [9.17, 15) is 5.11 Å². The highest BCUT2D eigenvalue weighted by Gasteiger charge is 2.34. The van der Waals surface area contributed by atoms with Crippen molar-refractivity contribution in [2.45, 2.75) is 38.7 Å². The van der Waals surface area contributed by atoms with Crippen molar-refractivity contribution in [2.75, 3.05) is 6.54 Å². The summed E-state index contributed by atoms with van der Waals surface area (Å²) in [6, 6.07) is 0. The lowest BCUT2D eigenvalue weighted by Crippen LogP contribution is -2.43. The van der Waals surface area contributed by atoms with E-state index in [-0.39, 0.29) is 0 Å². The lowest BCUT2D eigenvalue weighted by atomic mass is 9.73. The average Bonchev–Trinajstić information content (AvgIpc) is 1.98. The van der Waals surface area contributed by atoms with Crippen molar-refractivity contribution in [3.63, 3.8) is 0 Å². The Morgan fingerprint density at radius 2 is 2.09 bits per heavy atom. The monoisotopic (exact) mass is 157 g/mol. The summed E-state index contributed by atoms with van der Waals surface area (Å²) in [4.78, 5) is 0. The van der Waals surface area contributed by atoms with Gasteiger partial charge in [0.25, 0.3) is 0 Å². The van der Waals surface area contributed by atoms with E-state index < -0.39 is 5.60 Å². The van der Waals surface area contributed by atoms with E-state index in [0.717, 1.165) is 25.2 Å². The molecule has 1 aliphatic rings. The van der Waals surface area contributed by atoms with Gasteiger partial charge >= 0.3 is 0 Å². The molecule has 0 aliphatic heterocycles. The first-order valence-corrected chi connectivity index (χ1v) is 4.50. The van der Waals surface area contributed by atoms with Gasteiger partial charge in [-0.05, 0) is 31.1 Å². The van der Waals surface area contributed by atoms with Crippen LogP contribution in [-0.4, -0.2) is 17.3 Å². The molecule has 1 aliphatic carbocycles. The fourth-order valence-corrected chi connectivity index (χ4v) is 1.87. The summed E-state index contributed by atoms with van der Waals surface area (Å²) in [7, 11) is 0. The second-order valence-corrected chi connectivity index (χ2v) is 4.13. The summed E-state index contributed by atoms with van der Waals surface area (Å²) in [5, 5.41) is 9.84. The number of rotatable bonds is 1. The minimum Gasteiger partial charge on any atom is -0.389 e. The molecule has 0 amide bonds. The standard InChI is InChI=1S/C9H19NO/c1-7-3-4-9(11,6-10)5-8(7)2/h7-8,11H,3-6,10H2,1-2H3. The Kier molecular flexibility index (Phi) is 2.55. The van der Waals surface area contributed by atoms with Crippen LogP contribution >= 0.6 is 0 Å². The number of hydrogen-bond donors (Lipinski definition) is 2. The Morgan fingerprint density at radius 1 is 1.45 bits per heavy atom. The van der Waals surface area contributed by atoms with Crippen molar-refractivity contribution >= 4 is 0 Å². The quantitative estimate of drug-likeness (QED) is 0.599. The maximum atomic E-state index is 9.84. The second-order valence-electron chi connectivity index (χ2n) is 4.13. The number of hydrogen-bond acceptors (Lipinski definition) is 2. The molecule has 2 heteroatoms. The second kappa shape index (κ2) is 3.11. The predicted octanol–water partition coefficient (Wildman–Crippen LogP) is 1.13. The summed E-state index contributed by atoms with van der Waals surface area (Å²) < 4.78 is 0. The largest absolute Gasteiger partial charge is 0.389 e. The molecule has 0 heterocycles. The van der Waals surface area contributed by atoms with Crippen molar-refractivity contribution in [3.05, 3.63) is 0 Å². The SMILES string of the molecule is CC1CCC(O)(CN)CC1C. The third-order valence-corrected chi connectivity index (χ3v) is 3.12. The van der Waals surface area contributed by atoms with Crippen molar-refractivity contribution in [1.82, 2.24) is 0 Å². The van der Waals surface area contributed by atoms with Gasteiger partial charge in [-0.2, -0.15) is 0 Å². The summed E-state index contributed by atoms with van der Waals surface area (Å²) in [6.07, 6.45) is 2.88. The molecule has 0 bridgehead atoms. The molecule has 3 N–H and O–H groups in total. The summed E-state index contributed by atoms with van der Waals surface area (Å²) in [5.74, 6) is 1.37. The van der Waals surface area contributed by atoms with Gasteiger partial charge in [-0.3, -0.25) is 0 Å². The molecule has 1 fully saturated rings. The molecular weight excluding hydrogens is 138 g/mol. The van der Waals surface area contributed by atoms with E-state index in [1.54, 1.807) is 0 Å². The lowest BCUT2D eigenvalue weighted by Gasteiger charge is -2.38. The molecule has 0 radical (unpaired) electrons. The van der Waals surface area contributed by atoms with Crippen LogP contribution in [0, 0.1) is 11.8 Å². The van der Waals surface area contributed by atoms with Gasteiger partial charge in [0.1, 0.15) is 0 Å². The summed E-state index contributed by atoms with van der Waals surface area (Å²) in [5.41, 5.74) is 4.95. The molecule has 1 saturated carbocycles. The summed E-state index contributed by atoms with van der Waals surface area (Å²) in [6.45, 7) is 4.87. The topological polar surface area (TPSA) is 46.2 Å². The molecule has 0 aromatic rings. The molecule has 0 saturated heterocycles. The lowest BCUT2D eigenvalue weighted by molar-refractivity contribution is -0.0205. The molecule has 66 valence electrons. The molecule has 3 unspecified atom stereocenters. The zero-order valence-corrected chi connectivity index (χ0v) is 7.51. The van der Waals surface area contributed by atoms with E-state index in [0.29, 0.717) is 12.5 Å². The van der Waals surface area contributed by atoms with Crippen molar-refractivity contribution in [3.8, 4) is 0 Å². The van der Waals surface area contributed by atoms with Crippen LogP contribution in [0.4, 0.5) is 0 Å². The highest BCUT2D eigenvalue weighted by Crippen LogP contribution is 2.35. The maximum Gasteiger partial charge on any atom is 0.0772 e. The first kappa shape index (κ1) is 9.01. The third kappa shape index (κ3) is 1.94. The third-order valence-electron chi connectivity index (χ3n) is 3.12. The van der Waals surface area contributed by atoms with Gasteiger partial charge in [-0.15, -0.1) is 0 Å². The van der Waals surface area contributed by atoms with Crippen LogP contribution in [-0.2, 0) is 0 Å². The maximum absolute atomic E-state index is 9.84. The molecule has 2 nitrogen and oxygen atoms in total. The highest BCUT2D eigenvalue weighted by atomic mass is 16.3. The van der Waals surface area contributed by atoms with E-state index >= 15 is 0 Å².